The van der Waals surface area contributed by atoms with E-state index in [1.165, 1.54) is 18.7 Å². The van der Waals surface area contributed by atoms with Gasteiger partial charge in [0.15, 0.2) is 0 Å². The van der Waals surface area contributed by atoms with E-state index >= 15 is 0 Å². The van der Waals surface area contributed by atoms with E-state index < -0.39 is 24.0 Å². The zero-order chi connectivity index (χ0) is 15.5. The largest absolute Gasteiger partial charge is 0.480 e. The molecule has 2 amide bonds. The zero-order valence-corrected chi connectivity index (χ0v) is 12.4. The first-order valence-electron chi connectivity index (χ1n) is 5.97. The molecule has 1 atom stereocenters. The molecule has 0 rings (SSSR count). The summed E-state index contributed by atoms with van der Waals surface area (Å²) in [5, 5.41) is 13.7. The van der Waals surface area contributed by atoms with Gasteiger partial charge in [0.2, 0.25) is 0 Å². The second-order valence-corrected chi connectivity index (χ2v) is 4.97. The number of carboxylic acid groups (broad SMARTS) is 1. The average molecular weight is 304 g/mol. The minimum absolute atomic E-state index is 0.00165. The molecular formula is C12H20N2O5S. The topological polar surface area (TPSA) is 105 Å². The molecule has 0 fully saturated rings. The molecule has 0 aliphatic rings. The SMILES string of the molecule is C=C(C)C(=O)OCCNC(=O)N[C@@H](CCSC)C(=O)O. The van der Waals surface area contributed by atoms with E-state index in [-0.39, 0.29) is 18.7 Å². The van der Waals surface area contributed by atoms with Crippen molar-refractivity contribution >= 4 is 29.7 Å². The lowest BCUT2D eigenvalue weighted by Crippen LogP contribution is -2.47. The molecule has 8 heteroatoms. The number of aliphatic carboxylic acids is 1. The Kier molecular flexibility index (Phi) is 9.27. The van der Waals surface area contributed by atoms with Gasteiger partial charge < -0.3 is 20.5 Å². The summed E-state index contributed by atoms with van der Waals surface area (Å²) in [4.78, 5) is 33.4. The van der Waals surface area contributed by atoms with Crippen LogP contribution in [0.4, 0.5) is 4.79 Å². The predicted molar refractivity (Wildman–Crippen MR) is 76.7 cm³/mol. The molecule has 0 spiro atoms. The fourth-order valence-electron chi connectivity index (χ4n) is 1.13. The molecule has 0 bridgehead atoms. The minimum atomic E-state index is -1.08. The first-order chi connectivity index (χ1) is 9.38. The molecule has 3 N–H and O–H groups in total. The molecule has 0 heterocycles. The fraction of sp³-hybridized carbons (Fsp3) is 0.583. The summed E-state index contributed by atoms with van der Waals surface area (Å²) >= 11 is 1.50. The molecule has 7 nitrogen and oxygen atoms in total. The van der Waals surface area contributed by atoms with Gasteiger partial charge in [-0.2, -0.15) is 11.8 Å². The van der Waals surface area contributed by atoms with Crippen LogP contribution in [-0.4, -0.2) is 54.3 Å². The van der Waals surface area contributed by atoms with Gasteiger partial charge in [-0.15, -0.1) is 0 Å². The third kappa shape index (κ3) is 8.41. The highest BCUT2D eigenvalue weighted by atomic mass is 32.2. The van der Waals surface area contributed by atoms with Crippen LogP contribution >= 0.6 is 11.8 Å². The van der Waals surface area contributed by atoms with Crippen LogP contribution in [0, 0.1) is 0 Å². The maximum Gasteiger partial charge on any atom is 0.333 e. The summed E-state index contributed by atoms with van der Waals surface area (Å²) in [6, 6.07) is -1.54. The van der Waals surface area contributed by atoms with E-state index in [2.05, 4.69) is 17.2 Å². The van der Waals surface area contributed by atoms with Gasteiger partial charge in [0.05, 0.1) is 6.54 Å². The van der Waals surface area contributed by atoms with Crippen molar-refractivity contribution in [2.45, 2.75) is 19.4 Å². The minimum Gasteiger partial charge on any atom is -0.480 e. The summed E-state index contributed by atoms with van der Waals surface area (Å²) in [6.07, 6.45) is 2.20. The summed E-state index contributed by atoms with van der Waals surface area (Å²) in [5.41, 5.74) is 0.275. The maximum atomic E-state index is 11.4. The van der Waals surface area contributed by atoms with Gasteiger partial charge in [-0.1, -0.05) is 6.58 Å². The number of rotatable bonds is 9. The number of hydrogen-bond acceptors (Lipinski definition) is 5. The van der Waals surface area contributed by atoms with Crippen molar-refractivity contribution in [3.8, 4) is 0 Å². The summed E-state index contributed by atoms with van der Waals surface area (Å²) < 4.78 is 4.77. The highest BCUT2D eigenvalue weighted by molar-refractivity contribution is 7.98. The van der Waals surface area contributed by atoms with Crippen molar-refractivity contribution in [1.82, 2.24) is 10.6 Å². The number of carboxylic acids is 1. The Bertz CT molecular complexity index is 373. The van der Waals surface area contributed by atoms with Crippen LogP contribution in [0.5, 0.6) is 0 Å². The fourth-order valence-corrected chi connectivity index (χ4v) is 1.61. The first-order valence-corrected chi connectivity index (χ1v) is 7.36. The van der Waals surface area contributed by atoms with Crippen molar-refractivity contribution in [1.29, 1.82) is 0 Å². The maximum absolute atomic E-state index is 11.4. The summed E-state index contributed by atoms with van der Waals surface area (Å²) in [5.74, 6) is -0.980. The lowest BCUT2D eigenvalue weighted by Gasteiger charge is -2.14. The molecule has 0 aromatic carbocycles. The number of hydrogen-bond donors (Lipinski definition) is 3. The zero-order valence-electron chi connectivity index (χ0n) is 11.6. The van der Waals surface area contributed by atoms with Crippen LogP contribution in [0.1, 0.15) is 13.3 Å². The summed E-state index contributed by atoms with van der Waals surface area (Å²) in [7, 11) is 0. The van der Waals surface area contributed by atoms with Gasteiger partial charge in [0, 0.05) is 5.57 Å². The van der Waals surface area contributed by atoms with Gasteiger partial charge in [0.25, 0.3) is 0 Å². The highest BCUT2D eigenvalue weighted by Gasteiger charge is 2.18. The normalized spacial score (nSPS) is 11.3. The monoisotopic (exact) mass is 304 g/mol. The van der Waals surface area contributed by atoms with Crippen molar-refractivity contribution in [2.24, 2.45) is 0 Å². The standard InChI is InChI=1S/C12H20N2O5S/c1-8(2)11(17)19-6-5-13-12(18)14-9(10(15)16)4-7-20-3/h9H,1,4-7H2,2-3H3,(H,15,16)(H2,13,14,18)/t9-/m0/s1. The van der Waals surface area contributed by atoms with E-state index in [0.29, 0.717) is 12.2 Å². The number of thioether (sulfide) groups is 1. The molecule has 20 heavy (non-hydrogen) atoms. The molecular weight excluding hydrogens is 284 g/mol. The van der Waals surface area contributed by atoms with Crippen molar-refractivity contribution in [3.63, 3.8) is 0 Å². The smallest absolute Gasteiger partial charge is 0.333 e. The van der Waals surface area contributed by atoms with Gasteiger partial charge in [0.1, 0.15) is 12.6 Å². The van der Waals surface area contributed by atoms with Crippen LogP contribution in [0.3, 0.4) is 0 Å². The molecule has 0 aliphatic carbocycles. The van der Waals surface area contributed by atoms with Crippen molar-refractivity contribution in [3.05, 3.63) is 12.2 Å². The molecule has 0 saturated heterocycles. The highest BCUT2D eigenvalue weighted by Crippen LogP contribution is 2.00. The van der Waals surface area contributed by atoms with Crippen molar-refractivity contribution < 1.29 is 24.2 Å². The first kappa shape index (κ1) is 18.3. The Morgan fingerprint density at radius 1 is 1.40 bits per heavy atom. The van der Waals surface area contributed by atoms with E-state index in [0.717, 1.165) is 0 Å². The Labute approximate surface area is 122 Å². The molecule has 0 saturated carbocycles. The van der Waals surface area contributed by atoms with Crippen LogP contribution < -0.4 is 10.6 Å². The van der Waals surface area contributed by atoms with Crippen LogP contribution in [-0.2, 0) is 14.3 Å². The van der Waals surface area contributed by atoms with Gasteiger partial charge in [-0.05, 0) is 25.4 Å². The van der Waals surface area contributed by atoms with E-state index in [1.54, 1.807) is 0 Å². The predicted octanol–water partition coefficient (Wildman–Crippen LogP) is 0.611. The molecule has 114 valence electrons. The second-order valence-electron chi connectivity index (χ2n) is 3.99. The molecule has 0 radical (unpaired) electrons. The second kappa shape index (κ2) is 10.1. The number of nitrogens with one attached hydrogen (secondary N) is 2. The Morgan fingerprint density at radius 3 is 2.55 bits per heavy atom. The van der Waals surface area contributed by atoms with E-state index in [1.807, 2.05) is 6.26 Å². The number of carbonyl (C=O) groups is 3. The summed E-state index contributed by atoms with van der Waals surface area (Å²) in [6.45, 7) is 5.03. The van der Waals surface area contributed by atoms with Gasteiger partial charge in [-0.25, -0.2) is 14.4 Å². The van der Waals surface area contributed by atoms with E-state index in [4.69, 9.17) is 9.84 Å². The number of amides is 2. The molecule has 0 aliphatic heterocycles. The van der Waals surface area contributed by atoms with Gasteiger partial charge >= 0.3 is 18.0 Å². The quantitative estimate of drug-likeness (QED) is 0.327. The third-order valence-corrected chi connectivity index (χ3v) is 2.83. The number of carbonyl (C=O) groups excluding carboxylic acids is 2. The molecule has 0 aromatic heterocycles. The lowest BCUT2D eigenvalue weighted by atomic mass is 10.2. The number of ether oxygens (including phenoxy) is 1. The Balaban J connectivity index is 3.93. The molecule has 0 unspecified atom stereocenters. The average Bonchev–Trinajstić information content (AvgIpc) is 2.38. The van der Waals surface area contributed by atoms with Crippen LogP contribution in [0.15, 0.2) is 12.2 Å². The third-order valence-electron chi connectivity index (χ3n) is 2.18. The van der Waals surface area contributed by atoms with Crippen molar-refractivity contribution in [2.75, 3.05) is 25.2 Å². The van der Waals surface area contributed by atoms with Gasteiger partial charge in [-0.3, -0.25) is 0 Å². The molecule has 0 aromatic rings. The Morgan fingerprint density at radius 2 is 2.05 bits per heavy atom. The number of esters is 1. The number of urea groups is 1. The Hall–Kier alpha value is -1.70. The van der Waals surface area contributed by atoms with Crippen LogP contribution in [0.2, 0.25) is 0 Å². The van der Waals surface area contributed by atoms with E-state index in [9.17, 15) is 14.4 Å². The van der Waals surface area contributed by atoms with Crippen LogP contribution in [0.25, 0.3) is 0 Å². The lowest BCUT2D eigenvalue weighted by molar-refractivity contribution is -0.139.